The van der Waals surface area contributed by atoms with Gasteiger partial charge in [0.15, 0.2) is 0 Å². The number of nitrogens with zero attached hydrogens (tertiary/aromatic N) is 2. The van der Waals surface area contributed by atoms with Crippen molar-refractivity contribution in [2.24, 2.45) is 0 Å². The maximum atomic E-state index is 4.26. The first-order valence-corrected chi connectivity index (χ1v) is 6.55. The number of para-hydroxylation sites is 4. The number of fused-ring (bicyclic) bond motifs is 2. The average molecular weight is 332 g/mol. The Bertz CT molecular complexity index is 713. The van der Waals surface area contributed by atoms with E-state index >= 15 is 0 Å². The summed E-state index contributed by atoms with van der Waals surface area (Å²) in [6, 6.07) is 16.0. The molecule has 0 saturated heterocycles. The van der Waals surface area contributed by atoms with E-state index in [1.165, 1.54) is 0 Å². The lowest BCUT2D eigenvalue weighted by Crippen LogP contribution is -1.68. The summed E-state index contributed by atoms with van der Waals surface area (Å²) in [5.74, 6) is 1.95. The van der Waals surface area contributed by atoms with Gasteiger partial charge in [0, 0.05) is 0 Å². The fourth-order valence-corrected chi connectivity index (χ4v) is 2.16. The summed E-state index contributed by atoms with van der Waals surface area (Å²) in [5, 5.41) is 0. The molecule has 0 aliphatic heterocycles. The third-order valence-corrected chi connectivity index (χ3v) is 3.02. The van der Waals surface area contributed by atoms with Crippen molar-refractivity contribution in [3.63, 3.8) is 0 Å². The lowest BCUT2D eigenvalue weighted by atomic mass is 10.3. The van der Waals surface area contributed by atoms with Gasteiger partial charge < -0.3 is 9.97 Å². The van der Waals surface area contributed by atoms with Crippen LogP contribution in [0, 0.1) is 13.8 Å². The predicted molar refractivity (Wildman–Crippen MR) is 102 cm³/mol. The summed E-state index contributed by atoms with van der Waals surface area (Å²) in [7, 11) is 0. The second-order valence-electron chi connectivity index (χ2n) is 4.68. The number of aryl methyl sites for hydroxylation is 2. The molecule has 4 rings (SSSR count). The zero-order valence-electron chi connectivity index (χ0n) is 12.5. The number of rotatable bonds is 0. The number of H-pyrrole nitrogens is 2. The Balaban J connectivity index is 0.000000202. The Morgan fingerprint density at radius 2 is 1.00 bits per heavy atom. The van der Waals surface area contributed by atoms with Crippen LogP contribution < -0.4 is 0 Å². The van der Waals surface area contributed by atoms with Crippen LogP contribution in [0.15, 0.2) is 48.5 Å². The van der Waals surface area contributed by atoms with Gasteiger partial charge in [-0.1, -0.05) is 24.3 Å². The van der Waals surface area contributed by atoms with Crippen molar-refractivity contribution in [2.45, 2.75) is 13.8 Å². The molecule has 0 aliphatic carbocycles. The van der Waals surface area contributed by atoms with Crippen LogP contribution in [-0.2, 0) is 0 Å². The molecule has 116 valence electrons. The van der Waals surface area contributed by atoms with Crippen molar-refractivity contribution < 1.29 is 0 Å². The first-order valence-electron chi connectivity index (χ1n) is 6.55. The molecule has 0 aliphatic rings. The van der Waals surface area contributed by atoms with Crippen molar-refractivity contribution in [1.29, 1.82) is 0 Å². The molecule has 0 spiro atoms. The van der Waals surface area contributed by atoms with E-state index < -0.39 is 0 Å². The Morgan fingerprint density at radius 1 is 0.636 bits per heavy atom. The average Bonchev–Trinajstić information content (AvgIpc) is 2.99. The Labute approximate surface area is 143 Å². The molecule has 22 heavy (non-hydrogen) atoms. The fraction of sp³-hybridized carbons (Fsp3) is 0.125. The molecule has 0 atom stereocenters. The van der Waals surface area contributed by atoms with Gasteiger partial charge in [0.1, 0.15) is 11.6 Å². The van der Waals surface area contributed by atoms with E-state index in [0.717, 1.165) is 33.7 Å². The van der Waals surface area contributed by atoms with E-state index in [1.54, 1.807) is 0 Å². The molecule has 4 aromatic rings. The van der Waals surface area contributed by atoms with Crippen LogP contribution in [0.5, 0.6) is 0 Å². The van der Waals surface area contributed by atoms with Gasteiger partial charge in [-0.3, -0.25) is 0 Å². The lowest BCUT2D eigenvalue weighted by molar-refractivity contribution is 1.17. The van der Waals surface area contributed by atoms with Crippen molar-refractivity contribution in [3.8, 4) is 0 Å². The molecular weight excluding hydrogens is 312 g/mol. The van der Waals surface area contributed by atoms with E-state index in [4.69, 9.17) is 0 Å². The maximum absolute atomic E-state index is 4.26. The molecular formula is C16H20N4S2. The summed E-state index contributed by atoms with van der Waals surface area (Å²) in [6.07, 6.45) is 0. The van der Waals surface area contributed by atoms with Crippen LogP contribution in [0.4, 0.5) is 0 Å². The number of aromatic amines is 2. The zero-order valence-corrected chi connectivity index (χ0v) is 14.5. The van der Waals surface area contributed by atoms with Gasteiger partial charge in [-0.25, -0.2) is 9.97 Å². The van der Waals surface area contributed by atoms with Gasteiger partial charge in [0.25, 0.3) is 0 Å². The quantitative estimate of drug-likeness (QED) is 0.512. The largest absolute Gasteiger partial charge is 0.342 e. The summed E-state index contributed by atoms with van der Waals surface area (Å²) in [4.78, 5) is 14.8. The topological polar surface area (TPSA) is 57.4 Å². The van der Waals surface area contributed by atoms with Gasteiger partial charge in [-0.05, 0) is 38.1 Å². The third kappa shape index (κ3) is 4.05. The monoisotopic (exact) mass is 332 g/mol. The highest BCUT2D eigenvalue weighted by molar-refractivity contribution is 7.59. The van der Waals surface area contributed by atoms with Gasteiger partial charge >= 0.3 is 0 Å². The second-order valence-corrected chi connectivity index (χ2v) is 4.68. The number of imidazole rings is 2. The molecule has 0 saturated carbocycles. The number of hydrogen-bond acceptors (Lipinski definition) is 2. The van der Waals surface area contributed by atoms with Crippen molar-refractivity contribution >= 4 is 49.1 Å². The van der Waals surface area contributed by atoms with Crippen molar-refractivity contribution in [1.82, 2.24) is 19.9 Å². The first-order chi connectivity index (χ1) is 9.72. The highest BCUT2D eigenvalue weighted by Crippen LogP contribution is 2.09. The normalized spacial score (nSPS) is 9.55. The van der Waals surface area contributed by atoms with Gasteiger partial charge in [-0.15, -0.1) is 0 Å². The number of benzene rings is 2. The van der Waals surface area contributed by atoms with Crippen molar-refractivity contribution in [3.05, 3.63) is 60.2 Å². The minimum Gasteiger partial charge on any atom is -0.342 e. The summed E-state index contributed by atoms with van der Waals surface area (Å²) >= 11 is 0. The summed E-state index contributed by atoms with van der Waals surface area (Å²) in [6.45, 7) is 3.92. The molecule has 0 amide bonds. The number of hydrogen-bond donors (Lipinski definition) is 2. The van der Waals surface area contributed by atoms with Gasteiger partial charge in [0.2, 0.25) is 0 Å². The van der Waals surface area contributed by atoms with Gasteiger partial charge in [0.05, 0.1) is 22.1 Å². The van der Waals surface area contributed by atoms with Crippen LogP contribution in [0.3, 0.4) is 0 Å². The van der Waals surface area contributed by atoms with E-state index in [0.29, 0.717) is 0 Å². The summed E-state index contributed by atoms with van der Waals surface area (Å²) < 4.78 is 0. The molecule has 0 radical (unpaired) electrons. The van der Waals surface area contributed by atoms with Crippen LogP contribution in [0.25, 0.3) is 22.1 Å². The van der Waals surface area contributed by atoms with Crippen LogP contribution in [-0.4, -0.2) is 19.9 Å². The van der Waals surface area contributed by atoms with E-state index in [1.807, 2.05) is 62.4 Å². The molecule has 6 heteroatoms. The van der Waals surface area contributed by atoms with Crippen LogP contribution in [0.2, 0.25) is 0 Å². The molecule has 2 aromatic carbocycles. The fourth-order valence-electron chi connectivity index (χ4n) is 2.16. The molecule has 4 nitrogen and oxygen atoms in total. The Hall–Kier alpha value is -1.92. The highest BCUT2D eigenvalue weighted by atomic mass is 32.1. The number of aromatic nitrogens is 4. The third-order valence-electron chi connectivity index (χ3n) is 3.02. The maximum Gasteiger partial charge on any atom is 0.104 e. The van der Waals surface area contributed by atoms with E-state index in [9.17, 15) is 0 Å². The van der Waals surface area contributed by atoms with Crippen molar-refractivity contribution in [2.75, 3.05) is 0 Å². The highest BCUT2D eigenvalue weighted by Gasteiger charge is 1.94. The number of nitrogens with one attached hydrogen (secondary N) is 2. The lowest BCUT2D eigenvalue weighted by Gasteiger charge is -1.81. The van der Waals surface area contributed by atoms with Gasteiger partial charge in [-0.2, -0.15) is 27.0 Å². The molecule has 2 N–H and O–H groups in total. The summed E-state index contributed by atoms with van der Waals surface area (Å²) in [5.41, 5.74) is 4.31. The molecule has 0 unspecified atom stereocenters. The minimum absolute atomic E-state index is 0. The molecule has 2 heterocycles. The molecule has 0 bridgehead atoms. The van der Waals surface area contributed by atoms with Crippen LogP contribution in [0.1, 0.15) is 11.6 Å². The Morgan fingerprint density at radius 3 is 1.36 bits per heavy atom. The standard InChI is InChI=1S/2C8H8N2.2H2S/c2*1-6-9-7-4-2-3-5-8(7)10-6;;/h2*2-5H,1H3,(H,9,10);2*1H2. The van der Waals surface area contributed by atoms with E-state index in [2.05, 4.69) is 19.9 Å². The SMILES string of the molecule is Cc1nc2ccccc2[nH]1.Cc1nc2ccccc2[nH]1.S.S. The van der Waals surface area contributed by atoms with E-state index in [-0.39, 0.29) is 27.0 Å². The minimum atomic E-state index is 0. The second kappa shape index (κ2) is 7.91. The molecule has 0 fully saturated rings. The zero-order chi connectivity index (χ0) is 13.9. The Kier molecular flexibility index (Phi) is 6.52. The van der Waals surface area contributed by atoms with Crippen LogP contribution >= 0.6 is 27.0 Å². The molecule has 2 aromatic heterocycles. The first kappa shape index (κ1) is 18.1. The predicted octanol–water partition coefficient (Wildman–Crippen LogP) is 3.97. The smallest absolute Gasteiger partial charge is 0.104 e.